The molecule has 1 aliphatic rings. The van der Waals surface area contributed by atoms with Gasteiger partial charge in [-0.25, -0.2) is 9.97 Å². The van der Waals surface area contributed by atoms with Gasteiger partial charge in [0, 0.05) is 17.6 Å². The summed E-state index contributed by atoms with van der Waals surface area (Å²) in [5, 5.41) is 3.16. The normalized spacial score (nSPS) is 20.8. The van der Waals surface area contributed by atoms with Crippen molar-refractivity contribution in [2.75, 3.05) is 13.1 Å². The maximum Gasteiger partial charge on any atom is 0.258 e. The summed E-state index contributed by atoms with van der Waals surface area (Å²) in [6.07, 6.45) is 4.18. The lowest BCUT2D eigenvalue weighted by atomic mass is 9.98. The summed E-state index contributed by atoms with van der Waals surface area (Å²) in [6.45, 7) is 3.00. The lowest BCUT2D eigenvalue weighted by Gasteiger charge is -2.28. The summed E-state index contributed by atoms with van der Waals surface area (Å²) in [7, 11) is 0. The standard InChI is InChI=1S/C19H18N4OS2/c24-17-10-14(20-19-23(17)8-9-25-19)12-22-7-3-4-13(11-22)18-21-15-5-1-2-6-16(15)26-18/h1-2,5-6,8-10,13H,3-4,7,11-12H2/p+1/t13-/m1/s1. The molecule has 3 aromatic heterocycles. The number of nitrogens with zero attached hydrogens (tertiary/aromatic N) is 3. The van der Waals surface area contributed by atoms with E-state index in [9.17, 15) is 4.79 Å². The number of hydrogen-bond donors (Lipinski definition) is 1. The van der Waals surface area contributed by atoms with Crippen LogP contribution in [0.2, 0.25) is 0 Å². The second-order valence-corrected chi connectivity index (χ2v) is 8.82. The molecule has 1 fully saturated rings. The third-order valence-corrected chi connectivity index (χ3v) is 7.02. The Bertz CT molecular complexity index is 1100. The molecule has 5 nitrogen and oxygen atoms in total. The highest BCUT2D eigenvalue weighted by Crippen LogP contribution is 2.30. The van der Waals surface area contributed by atoms with E-state index in [0.29, 0.717) is 5.92 Å². The first kappa shape index (κ1) is 16.1. The zero-order valence-corrected chi connectivity index (χ0v) is 15.9. The molecule has 0 aliphatic carbocycles. The molecule has 1 aromatic carbocycles. The van der Waals surface area contributed by atoms with Crippen LogP contribution in [0.5, 0.6) is 0 Å². The number of thiazole rings is 2. The summed E-state index contributed by atoms with van der Waals surface area (Å²) in [5.74, 6) is 0.503. The monoisotopic (exact) mass is 383 g/mol. The SMILES string of the molecule is O=c1cc(C[NH+]2CCC[C@@H](c3nc4ccccc4s3)C2)nc2sccn12. The predicted octanol–water partition coefficient (Wildman–Crippen LogP) is 2.33. The number of nitrogens with one attached hydrogen (secondary N) is 1. The van der Waals surface area contributed by atoms with Crippen molar-refractivity contribution in [2.45, 2.75) is 25.3 Å². The highest BCUT2D eigenvalue weighted by Gasteiger charge is 2.27. The number of aromatic nitrogens is 3. The lowest BCUT2D eigenvalue weighted by Crippen LogP contribution is -3.12. The number of piperidine rings is 1. The minimum Gasteiger partial charge on any atom is -0.329 e. The van der Waals surface area contributed by atoms with Crippen LogP contribution in [-0.2, 0) is 6.54 Å². The van der Waals surface area contributed by atoms with Crippen molar-refractivity contribution in [3.05, 3.63) is 63.0 Å². The topological polar surface area (TPSA) is 51.7 Å². The molecule has 0 amide bonds. The third-order valence-electron chi connectivity index (χ3n) is 5.07. The van der Waals surface area contributed by atoms with Gasteiger partial charge >= 0.3 is 0 Å². The molecule has 1 saturated heterocycles. The van der Waals surface area contributed by atoms with Crippen LogP contribution >= 0.6 is 22.7 Å². The van der Waals surface area contributed by atoms with Gasteiger partial charge in [-0.3, -0.25) is 9.20 Å². The Kier molecular flexibility index (Phi) is 4.07. The van der Waals surface area contributed by atoms with Crippen molar-refractivity contribution in [3.8, 4) is 0 Å². The first-order valence-corrected chi connectivity index (χ1v) is 10.6. The van der Waals surface area contributed by atoms with Crippen LogP contribution in [0.25, 0.3) is 15.2 Å². The second kappa shape index (κ2) is 6.57. The van der Waals surface area contributed by atoms with Gasteiger partial charge in [-0.05, 0) is 25.0 Å². The van der Waals surface area contributed by atoms with E-state index in [-0.39, 0.29) is 5.56 Å². The molecule has 4 heterocycles. The van der Waals surface area contributed by atoms with Gasteiger partial charge in [0.2, 0.25) is 0 Å². The fourth-order valence-electron chi connectivity index (χ4n) is 3.82. The number of para-hydroxylation sites is 1. The van der Waals surface area contributed by atoms with Crippen molar-refractivity contribution in [3.63, 3.8) is 0 Å². The Balaban J connectivity index is 1.37. The van der Waals surface area contributed by atoms with E-state index in [0.717, 1.165) is 35.8 Å². The van der Waals surface area contributed by atoms with Crippen molar-refractivity contribution in [2.24, 2.45) is 0 Å². The third kappa shape index (κ3) is 2.96. The molecule has 1 N–H and O–H groups in total. The van der Waals surface area contributed by atoms with Gasteiger partial charge < -0.3 is 4.90 Å². The van der Waals surface area contributed by atoms with Gasteiger partial charge in [0.25, 0.3) is 5.56 Å². The Morgan fingerprint density at radius 1 is 1.27 bits per heavy atom. The quantitative estimate of drug-likeness (QED) is 0.591. The molecule has 0 saturated carbocycles. The molecular formula is C19H19N4OS2+. The average Bonchev–Trinajstić information content (AvgIpc) is 3.28. The Morgan fingerprint density at radius 2 is 2.19 bits per heavy atom. The summed E-state index contributed by atoms with van der Waals surface area (Å²) in [4.78, 5) is 24.0. The Hall–Kier alpha value is -2.09. The number of fused-ring (bicyclic) bond motifs is 2. The van der Waals surface area contributed by atoms with E-state index in [1.54, 1.807) is 16.7 Å². The molecule has 132 valence electrons. The molecule has 4 aromatic rings. The predicted molar refractivity (Wildman–Crippen MR) is 105 cm³/mol. The van der Waals surface area contributed by atoms with Gasteiger partial charge in [-0.1, -0.05) is 12.1 Å². The Labute approximate surface area is 158 Å². The van der Waals surface area contributed by atoms with E-state index < -0.39 is 0 Å². The number of benzene rings is 1. The van der Waals surface area contributed by atoms with Crippen molar-refractivity contribution >= 4 is 37.9 Å². The van der Waals surface area contributed by atoms with Gasteiger partial charge in [-0.2, -0.15) is 0 Å². The lowest BCUT2D eigenvalue weighted by molar-refractivity contribution is -0.920. The number of quaternary nitrogens is 1. The minimum atomic E-state index is 0.0189. The fourth-order valence-corrected chi connectivity index (χ4v) is 5.66. The molecule has 1 aliphatic heterocycles. The zero-order chi connectivity index (χ0) is 17.5. The van der Waals surface area contributed by atoms with Gasteiger partial charge in [0.1, 0.15) is 17.2 Å². The molecule has 0 radical (unpaired) electrons. The molecule has 1 unspecified atom stereocenters. The van der Waals surface area contributed by atoms with E-state index in [2.05, 4.69) is 29.2 Å². The largest absolute Gasteiger partial charge is 0.329 e. The summed E-state index contributed by atoms with van der Waals surface area (Å²) >= 11 is 3.34. The summed E-state index contributed by atoms with van der Waals surface area (Å²) in [5.41, 5.74) is 2.03. The highest BCUT2D eigenvalue weighted by atomic mass is 32.1. The number of likely N-dealkylation sites (tertiary alicyclic amines) is 1. The smallest absolute Gasteiger partial charge is 0.258 e. The van der Waals surface area contributed by atoms with Crippen LogP contribution in [0.1, 0.15) is 29.5 Å². The number of rotatable bonds is 3. The molecule has 0 spiro atoms. The first-order valence-electron chi connectivity index (χ1n) is 8.91. The van der Waals surface area contributed by atoms with E-state index in [1.807, 2.05) is 16.7 Å². The van der Waals surface area contributed by atoms with Crippen LogP contribution in [0.3, 0.4) is 0 Å². The van der Waals surface area contributed by atoms with E-state index in [4.69, 9.17) is 4.98 Å². The zero-order valence-electron chi connectivity index (χ0n) is 14.2. The van der Waals surface area contributed by atoms with Crippen LogP contribution in [0.4, 0.5) is 0 Å². The molecule has 2 atom stereocenters. The van der Waals surface area contributed by atoms with Gasteiger partial charge in [0.05, 0.1) is 29.2 Å². The Morgan fingerprint density at radius 3 is 3.12 bits per heavy atom. The molecule has 26 heavy (non-hydrogen) atoms. The second-order valence-electron chi connectivity index (χ2n) is 6.88. The molecule has 0 bridgehead atoms. The molecular weight excluding hydrogens is 364 g/mol. The van der Waals surface area contributed by atoms with Crippen molar-refractivity contribution in [1.29, 1.82) is 0 Å². The van der Waals surface area contributed by atoms with Crippen LogP contribution in [-0.4, -0.2) is 27.5 Å². The van der Waals surface area contributed by atoms with Crippen molar-refractivity contribution < 1.29 is 4.90 Å². The van der Waals surface area contributed by atoms with E-state index in [1.165, 1.54) is 38.8 Å². The van der Waals surface area contributed by atoms with Crippen LogP contribution in [0, 0.1) is 0 Å². The van der Waals surface area contributed by atoms with Crippen molar-refractivity contribution in [1.82, 2.24) is 14.4 Å². The van der Waals surface area contributed by atoms with Gasteiger partial charge in [0.15, 0.2) is 4.96 Å². The van der Waals surface area contributed by atoms with Crippen LogP contribution in [0.15, 0.2) is 46.7 Å². The maximum atomic E-state index is 12.2. The molecule has 5 rings (SSSR count). The van der Waals surface area contributed by atoms with Gasteiger partial charge in [-0.15, -0.1) is 22.7 Å². The minimum absolute atomic E-state index is 0.0189. The number of hydrogen-bond acceptors (Lipinski definition) is 5. The summed E-state index contributed by atoms with van der Waals surface area (Å²) in [6, 6.07) is 10.1. The first-order chi connectivity index (χ1) is 12.8. The fraction of sp³-hybridized carbons (Fsp3) is 0.316. The summed E-state index contributed by atoms with van der Waals surface area (Å²) < 4.78 is 2.89. The average molecular weight is 384 g/mol. The van der Waals surface area contributed by atoms with E-state index >= 15 is 0 Å². The maximum absolute atomic E-state index is 12.2. The molecule has 7 heteroatoms. The highest BCUT2D eigenvalue weighted by molar-refractivity contribution is 7.18. The van der Waals surface area contributed by atoms with Crippen LogP contribution < -0.4 is 10.5 Å².